The van der Waals surface area contributed by atoms with Crippen LogP contribution in [0, 0.1) is 0 Å². The van der Waals surface area contributed by atoms with E-state index in [1.165, 1.54) is 36.5 Å². The van der Waals surface area contributed by atoms with Gasteiger partial charge in [0.15, 0.2) is 0 Å². The van der Waals surface area contributed by atoms with Gasteiger partial charge in [-0.05, 0) is 24.3 Å². The largest absolute Gasteiger partial charge is 0.355 e. The summed E-state index contributed by atoms with van der Waals surface area (Å²) in [7, 11) is -3.98. The smallest absolute Gasteiger partial charge is 0.251 e. The topological polar surface area (TPSA) is 75.3 Å². The molecule has 0 spiro atoms. The van der Waals surface area contributed by atoms with Gasteiger partial charge in [0, 0.05) is 18.8 Å². The Balaban J connectivity index is 2.12. The van der Waals surface area contributed by atoms with E-state index in [2.05, 4.69) is 23.1 Å². The average Bonchev–Trinajstić information content (AvgIpc) is 2.60. The second kappa shape index (κ2) is 7.29. The zero-order valence-corrected chi connectivity index (χ0v) is 15.9. The van der Waals surface area contributed by atoms with Gasteiger partial charge in [0.05, 0.1) is 13.0 Å². The molecule has 0 aliphatic rings. The van der Waals surface area contributed by atoms with Crippen molar-refractivity contribution in [2.24, 2.45) is 0 Å². The molecule has 2 N–H and O–H groups in total. The molecule has 5 nitrogen and oxygen atoms in total. The number of amides is 1. The van der Waals surface area contributed by atoms with E-state index in [0.29, 0.717) is 11.7 Å². The van der Waals surface area contributed by atoms with Gasteiger partial charge in [0.1, 0.15) is 0 Å². The quantitative estimate of drug-likeness (QED) is 0.765. The molecule has 0 radical (unpaired) electrons. The summed E-state index contributed by atoms with van der Waals surface area (Å²) in [5.74, 6) is -0.246. The lowest BCUT2D eigenvalue weighted by atomic mass is 10.2. The van der Waals surface area contributed by atoms with Crippen LogP contribution >= 0.6 is 0 Å². The SMILES string of the molecule is CNC(=O)c1ccc(S(=O)(=O)NC[Si](C)(C)c2ccccc2)cc1. The third kappa shape index (κ3) is 4.31. The van der Waals surface area contributed by atoms with Crippen molar-refractivity contribution in [3.05, 3.63) is 60.2 Å². The third-order valence-corrected chi connectivity index (χ3v) is 8.54. The first-order valence-electron chi connectivity index (χ1n) is 7.63. The number of sulfonamides is 1. The summed E-state index contributed by atoms with van der Waals surface area (Å²) in [6.45, 7) is 4.25. The fraction of sp³-hybridized carbons (Fsp3) is 0.235. The predicted octanol–water partition coefficient (Wildman–Crippen LogP) is 1.48. The molecular weight excluding hydrogens is 340 g/mol. The molecule has 1 amide bonds. The molecule has 128 valence electrons. The minimum absolute atomic E-state index is 0.160. The van der Waals surface area contributed by atoms with Crippen molar-refractivity contribution in [2.75, 3.05) is 13.2 Å². The molecule has 2 aromatic carbocycles. The van der Waals surface area contributed by atoms with Crippen LogP contribution in [0.25, 0.3) is 0 Å². The Labute approximate surface area is 144 Å². The second-order valence-electron chi connectivity index (χ2n) is 6.18. The molecule has 0 atom stereocenters. The van der Waals surface area contributed by atoms with Crippen molar-refractivity contribution < 1.29 is 13.2 Å². The van der Waals surface area contributed by atoms with Gasteiger partial charge < -0.3 is 5.32 Å². The van der Waals surface area contributed by atoms with Crippen LogP contribution in [0.1, 0.15) is 10.4 Å². The summed E-state index contributed by atoms with van der Waals surface area (Å²) in [6, 6.07) is 15.9. The first kappa shape index (κ1) is 18.4. The Morgan fingerprint density at radius 3 is 2.12 bits per heavy atom. The van der Waals surface area contributed by atoms with Crippen LogP contribution in [0.4, 0.5) is 0 Å². The Kier molecular flexibility index (Phi) is 5.58. The summed E-state index contributed by atoms with van der Waals surface area (Å²) in [5, 5.41) is 3.70. The first-order valence-corrected chi connectivity index (χ1v) is 12.3. The van der Waals surface area contributed by atoms with Gasteiger partial charge in [-0.25, -0.2) is 13.1 Å². The lowest BCUT2D eigenvalue weighted by Crippen LogP contribution is -2.51. The van der Waals surface area contributed by atoms with Crippen LogP contribution in [-0.2, 0) is 10.0 Å². The van der Waals surface area contributed by atoms with Gasteiger partial charge >= 0.3 is 0 Å². The molecule has 0 fully saturated rings. The number of nitrogens with one attached hydrogen (secondary N) is 2. The minimum atomic E-state index is -3.60. The van der Waals surface area contributed by atoms with Gasteiger partial charge in [-0.15, -0.1) is 0 Å². The fourth-order valence-electron chi connectivity index (χ4n) is 2.28. The molecule has 24 heavy (non-hydrogen) atoms. The van der Waals surface area contributed by atoms with E-state index in [1.807, 2.05) is 30.3 Å². The predicted molar refractivity (Wildman–Crippen MR) is 98.6 cm³/mol. The average molecular weight is 363 g/mol. The standard InChI is InChI=1S/C17H22N2O3SSi/c1-18-17(20)14-9-11-15(12-10-14)23(21,22)19-13-24(2,3)16-7-5-4-6-8-16/h4-12,19H,13H2,1-3H3,(H,18,20). The van der Waals surface area contributed by atoms with Crippen molar-refractivity contribution in [2.45, 2.75) is 18.0 Å². The van der Waals surface area contributed by atoms with Crippen LogP contribution < -0.4 is 15.2 Å². The Morgan fingerprint density at radius 2 is 1.58 bits per heavy atom. The third-order valence-electron chi connectivity index (χ3n) is 3.91. The molecule has 0 bridgehead atoms. The lowest BCUT2D eigenvalue weighted by Gasteiger charge is -2.23. The van der Waals surface area contributed by atoms with Gasteiger partial charge in [-0.3, -0.25) is 4.79 Å². The number of carbonyl (C=O) groups is 1. The molecule has 2 rings (SSSR count). The molecule has 2 aromatic rings. The van der Waals surface area contributed by atoms with Crippen molar-refractivity contribution >= 4 is 29.2 Å². The van der Waals surface area contributed by atoms with Crippen LogP contribution in [0.3, 0.4) is 0 Å². The number of hydrogen-bond acceptors (Lipinski definition) is 3. The van der Waals surface area contributed by atoms with E-state index >= 15 is 0 Å². The summed E-state index contributed by atoms with van der Waals surface area (Å²) < 4.78 is 27.7. The van der Waals surface area contributed by atoms with E-state index in [0.717, 1.165) is 0 Å². The van der Waals surface area contributed by atoms with Gasteiger partial charge in [-0.1, -0.05) is 48.6 Å². The molecule has 0 unspecified atom stereocenters. The Hall–Kier alpha value is -1.96. The fourth-order valence-corrected chi connectivity index (χ4v) is 6.44. The van der Waals surface area contributed by atoms with Crippen LogP contribution in [-0.4, -0.2) is 35.6 Å². The molecule has 0 aromatic heterocycles. The highest BCUT2D eigenvalue weighted by Gasteiger charge is 2.26. The minimum Gasteiger partial charge on any atom is -0.355 e. The van der Waals surface area contributed by atoms with Gasteiger partial charge in [-0.2, -0.15) is 0 Å². The number of benzene rings is 2. The van der Waals surface area contributed by atoms with Crippen molar-refractivity contribution in [1.29, 1.82) is 0 Å². The Morgan fingerprint density at radius 1 is 1.00 bits per heavy atom. The Bertz CT molecular complexity index is 803. The second-order valence-corrected chi connectivity index (χ2v) is 12.6. The van der Waals surface area contributed by atoms with Crippen molar-refractivity contribution in [3.8, 4) is 0 Å². The van der Waals surface area contributed by atoms with Crippen LogP contribution in [0.15, 0.2) is 59.5 Å². The molecule has 7 heteroatoms. The molecule has 0 aliphatic carbocycles. The van der Waals surface area contributed by atoms with E-state index in [1.54, 1.807) is 0 Å². The van der Waals surface area contributed by atoms with Crippen LogP contribution in [0.5, 0.6) is 0 Å². The van der Waals surface area contributed by atoms with Crippen molar-refractivity contribution in [3.63, 3.8) is 0 Å². The number of rotatable bonds is 6. The van der Waals surface area contributed by atoms with E-state index in [4.69, 9.17) is 0 Å². The van der Waals surface area contributed by atoms with E-state index in [-0.39, 0.29) is 10.8 Å². The zero-order valence-electron chi connectivity index (χ0n) is 14.0. The first-order chi connectivity index (χ1) is 11.3. The van der Waals surface area contributed by atoms with Gasteiger partial charge in [0.2, 0.25) is 10.0 Å². The maximum atomic E-state index is 12.5. The summed E-state index contributed by atoms with van der Waals surface area (Å²) in [6.07, 6.45) is 0.413. The maximum Gasteiger partial charge on any atom is 0.251 e. The molecule has 0 saturated heterocycles. The zero-order chi connectivity index (χ0) is 17.8. The molecule has 0 aliphatic heterocycles. The number of hydrogen-bond donors (Lipinski definition) is 2. The molecular formula is C17H22N2O3SSi. The number of carbonyl (C=O) groups excluding carboxylic acids is 1. The molecule has 0 heterocycles. The van der Waals surface area contributed by atoms with Gasteiger partial charge in [0.25, 0.3) is 5.91 Å². The highest BCUT2D eigenvalue weighted by molar-refractivity contribution is 7.89. The summed E-state index contributed by atoms with van der Waals surface area (Å²) in [5.41, 5.74) is 0.426. The maximum absolute atomic E-state index is 12.5. The monoisotopic (exact) mass is 362 g/mol. The van der Waals surface area contributed by atoms with E-state index in [9.17, 15) is 13.2 Å². The highest BCUT2D eigenvalue weighted by atomic mass is 32.2. The normalized spacial score (nSPS) is 12.0. The van der Waals surface area contributed by atoms with Crippen LogP contribution in [0.2, 0.25) is 13.1 Å². The highest BCUT2D eigenvalue weighted by Crippen LogP contribution is 2.12. The van der Waals surface area contributed by atoms with Crippen molar-refractivity contribution in [1.82, 2.24) is 10.0 Å². The lowest BCUT2D eigenvalue weighted by molar-refractivity contribution is 0.0963. The summed E-state index contributed by atoms with van der Waals surface area (Å²) >= 11 is 0. The van der Waals surface area contributed by atoms with E-state index < -0.39 is 18.1 Å². The molecule has 0 saturated carbocycles. The summed E-state index contributed by atoms with van der Waals surface area (Å²) in [4.78, 5) is 11.7.